The molecule has 2 rings (SSSR count). The highest BCUT2D eigenvalue weighted by Crippen LogP contribution is 2.28. The van der Waals surface area contributed by atoms with Crippen LogP contribution >= 0.6 is 15.9 Å². The summed E-state index contributed by atoms with van der Waals surface area (Å²) in [5.41, 5.74) is 0. The lowest BCUT2D eigenvalue weighted by Gasteiger charge is -2.13. The molecule has 1 aromatic heterocycles. The molecule has 0 aliphatic rings. The number of aryl methyl sites for hydroxylation is 1. The standard InChI is InChI=1S/C14H16BrNO4S/c1-9-4-6-13(20-9)10(2)16-21(17,18)11-5-7-14(19-3)12(15)8-11/h4-8,10,16H,1-3H3. The Hall–Kier alpha value is -1.31. The van der Waals surface area contributed by atoms with Gasteiger partial charge in [-0.3, -0.25) is 0 Å². The van der Waals surface area contributed by atoms with Crippen LogP contribution in [0.3, 0.4) is 0 Å². The predicted octanol–water partition coefficient (Wildman–Crippen LogP) is 3.40. The molecular weight excluding hydrogens is 358 g/mol. The molecule has 1 N–H and O–H groups in total. The summed E-state index contributed by atoms with van der Waals surface area (Å²) >= 11 is 3.28. The van der Waals surface area contributed by atoms with E-state index in [0.717, 1.165) is 5.76 Å². The summed E-state index contributed by atoms with van der Waals surface area (Å²) in [7, 11) is -2.12. The fraction of sp³-hybridized carbons (Fsp3) is 0.286. The van der Waals surface area contributed by atoms with Crippen LogP contribution in [-0.4, -0.2) is 15.5 Å². The highest BCUT2D eigenvalue weighted by molar-refractivity contribution is 9.10. The molecule has 0 aliphatic heterocycles. The Balaban J connectivity index is 2.24. The number of benzene rings is 1. The quantitative estimate of drug-likeness (QED) is 0.871. The lowest BCUT2D eigenvalue weighted by atomic mass is 10.3. The average Bonchev–Trinajstić information content (AvgIpc) is 2.85. The molecule has 1 heterocycles. The number of rotatable bonds is 5. The van der Waals surface area contributed by atoms with Gasteiger partial charge in [0.2, 0.25) is 10.0 Å². The van der Waals surface area contributed by atoms with E-state index in [1.165, 1.54) is 19.2 Å². The zero-order valence-corrected chi connectivity index (χ0v) is 14.3. The van der Waals surface area contributed by atoms with E-state index in [1.807, 2.05) is 6.92 Å². The van der Waals surface area contributed by atoms with E-state index < -0.39 is 16.1 Å². The molecule has 1 unspecified atom stereocenters. The van der Waals surface area contributed by atoms with Gasteiger partial charge >= 0.3 is 0 Å². The number of hydrogen-bond donors (Lipinski definition) is 1. The summed E-state index contributed by atoms with van der Waals surface area (Å²) in [6, 6.07) is 7.69. The van der Waals surface area contributed by atoms with E-state index in [1.54, 1.807) is 25.1 Å². The second-order valence-electron chi connectivity index (χ2n) is 4.59. The maximum atomic E-state index is 12.4. The van der Waals surface area contributed by atoms with Crippen LogP contribution in [0.25, 0.3) is 0 Å². The van der Waals surface area contributed by atoms with Crippen molar-refractivity contribution >= 4 is 26.0 Å². The van der Waals surface area contributed by atoms with Gasteiger partial charge in [-0.1, -0.05) is 0 Å². The molecule has 5 nitrogen and oxygen atoms in total. The summed E-state index contributed by atoms with van der Waals surface area (Å²) in [4.78, 5) is 0.158. The molecule has 1 atom stereocenters. The molecule has 0 saturated carbocycles. The lowest BCUT2D eigenvalue weighted by Crippen LogP contribution is -2.26. The van der Waals surface area contributed by atoms with Crippen molar-refractivity contribution in [3.63, 3.8) is 0 Å². The van der Waals surface area contributed by atoms with E-state index in [0.29, 0.717) is 16.0 Å². The monoisotopic (exact) mass is 373 g/mol. The van der Waals surface area contributed by atoms with Crippen molar-refractivity contribution in [2.24, 2.45) is 0 Å². The van der Waals surface area contributed by atoms with Crippen molar-refractivity contribution in [2.45, 2.75) is 24.8 Å². The zero-order valence-electron chi connectivity index (χ0n) is 11.9. The van der Waals surface area contributed by atoms with Gasteiger partial charge in [0.1, 0.15) is 17.3 Å². The molecular formula is C14H16BrNO4S. The largest absolute Gasteiger partial charge is 0.496 e. The number of nitrogens with one attached hydrogen (secondary N) is 1. The summed E-state index contributed by atoms with van der Waals surface area (Å²) in [6.07, 6.45) is 0. The van der Waals surface area contributed by atoms with Crippen LogP contribution in [0.5, 0.6) is 5.75 Å². The molecule has 21 heavy (non-hydrogen) atoms. The van der Waals surface area contributed by atoms with Crippen LogP contribution in [0, 0.1) is 6.92 Å². The first-order chi connectivity index (χ1) is 9.83. The van der Waals surface area contributed by atoms with Crippen LogP contribution in [-0.2, 0) is 10.0 Å². The van der Waals surface area contributed by atoms with E-state index >= 15 is 0 Å². The zero-order chi connectivity index (χ0) is 15.6. The van der Waals surface area contributed by atoms with Gasteiger partial charge in [-0.25, -0.2) is 13.1 Å². The molecule has 0 bridgehead atoms. The van der Waals surface area contributed by atoms with Crippen molar-refractivity contribution < 1.29 is 17.6 Å². The van der Waals surface area contributed by atoms with E-state index in [4.69, 9.17) is 9.15 Å². The van der Waals surface area contributed by atoms with Gasteiger partial charge in [0.15, 0.2) is 0 Å². The summed E-state index contributed by atoms with van der Waals surface area (Å²) in [6.45, 7) is 3.54. The number of methoxy groups -OCH3 is 1. The first-order valence-corrected chi connectivity index (χ1v) is 8.53. The van der Waals surface area contributed by atoms with E-state index in [9.17, 15) is 8.42 Å². The van der Waals surface area contributed by atoms with Crippen molar-refractivity contribution in [2.75, 3.05) is 7.11 Å². The van der Waals surface area contributed by atoms with Crippen molar-refractivity contribution in [1.29, 1.82) is 0 Å². The molecule has 114 valence electrons. The third-order valence-corrected chi connectivity index (χ3v) is 5.11. The van der Waals surface area contributed by atoms with E-state index in [2.05, 4.69) is 20.7 Å². The molecule has 0 fully saturated rings. The predicted molar refractivity (Wildman–Crippen MR) is 82.9 cm³/mol. The van der Waals surface area contributed by atoms with Crippen molar-refractivity contribution in [3.8, 4) is 5.75 Å². The summed E-state index contributed by atoms with van der Waals surface area (Å²) in [5, 5.41) is 0. The molecule has 0 amide bonds. The minimum Gasteiger partial charge on any atom is -0.496 e. The topological polar surface area (TPSA) is 68.5 Å². The first kappa shape index (κ1) is 16.1. The molecule has 7 heteroatoms. The lowest BCUT2D eigenvalue weighted by molar-refractivity contribution is 0.411. The third kappa shape index (κ3) is 3.66. The van der Waals surface area contributed by atoms with Crippen molar-refractivity contribution in [3.05, 3.63) is 46.3 Å². The number of hydrogen-bond acceptors (Lipinski definition) is 4. The Labute approximate surface area is 132 Å². The van der Waals surface area contributed by atoms with Crippen LogP contribution in [0.2, 0.25) is 0 Å². The maximum Gasteiger partial charge on any atom is 0.241 e. The van der Waals surface area contributed by atoms with Gasteiger partial charge < -0.3 is 9.15 Å². The highest BCUT2D eigenvalue weighted by atomic mass is 79.9. The third-order valence-electron chi connectivity index (χ3n) is 2.95. The minimum atomic E-state index is -3.64. The normalized spacial score (nSPS) is 13.1. The Morgan fingerprint density at radius 2 is 2.00 bits per heavy atom. The number of ether oxygens (including phenoxy) is 1. The number of sulfonamides is 1. The van der Waals surface area contributed by atoms with Gasteiger partial charge in [0.05, 0.1) is 22.5 Å². The molecule has 0 spiro atoms. The minimum absolute atomic E-state index is 0.158. The summed E-state index contributed by atoms with van der Waals surface area (Å²) in [5.74, 6) is 1.88. The fourth-order valence-electron chi connectivity index (χ4n) is 1.86. The Morgan fingerprint density at radius 1 is 1.29 bits per heavy atom. The first-order valence-electron chi connectivity index (χ1n) is 6.25. The molecule has 0 radical (unpaired) electrons. The van der Waals surface area contributed by atoms with Crippen LogP contribution in [0.15, 0.2) is 44.1 Å². The molecule has 2 aromatic rings. The Morgan fingerprint density at radius 3 is 2.52 bits per heavy atom. The highest BCUT2D eigenvalue weighted by Gasteiger charge is 2.21. The van der Waals surface area contributed by atoms with Crippen LogP contribution in [0.4, 0.5) is 0 Å². The average molecular weight is 374 g/mol. The van der Waals surface area contributed by atoms with Gasteiger partial charge in [-0.2, -0.15) is 0 Å². The number of furan rings is 1. The van der Waals surface area contributed by atoms with Gasteiger partial charge in [-0.15, -0.1) is 0 Å². The SMILES string of the molecule is COc1ccc(S(=O)(=O)NC(C)c2ccc(C)o2)cc1Br. The van der Waals surface area contributed by atoms with Crippen molar-refractivity contribution in [1.82, 2.24) is 4.72 Å². The van der Waals surface area contributed by atoms with Gasteiger partial charge in [0, 0.05) is 0 Å². The Bertz CT molecular complexity index is 739. The second kappa shape index (κ2) is 6.21. The molecule has 0 aliphatic carbocycles. The smallest absolute Gasteiger partial charge is 0.241 e. The maximum absolute atomic E-state index is 12.4. The summed E-state index contributed by atoms with van der Waals surface area (Å²) < 4.78 is 38.4. The Kier molecular flexibility index (Phi) is 4.75. The second-order valence-corrected chi connectivity index (χ2v) is 7.16. The van der Waals surface area contributed by atoms with Crippen LogP contribution < -0.4 is 9.46 Å². The van der Waals surface area contributed by atoms with Gasteiger partial charge in [0.25, 0.3) is 0 Å². The number of halogens is 1. The van der Waals surface area contributed by atoms with E-state index in [-0.39, 0.29) is 4.90 Å². The molecule has 0 saturated heterocycles. The van der Waals surface area contributed by atoms with Gasteiger partial charge in [-0.05, 0) is 60.1 Å². The molecule has 1 aromatic carbocycles. The fourth-order valence-corrected chi connectivity index (χ4v) is 3.79. The van der Waals surface area contributed by atoms with Crippen LogP contribution in [0.1, 0.15) is 24.5 Å².